The second kappa shape index (κ2) is 8.27. The number of methoxy groups -OCH3 is 1. The summed E-state index contributed by atoms with van der Waals surface area (Å²) in [6.07, 6.45) is 1.78. The quantitative estimate of drug-likeness (QED) is 0.612. The number of nitrogens with zero attached hydrogens (tertiary/aromatic N) is 1. The zero-order valence-electron chi connectivity index (χ0n) is 16.9. The summed E-state index contributed by atoms with van der Waals surface area (Å²) < 4.78 is 11.4. The van der Waals surface area contributed by atoms with Crippen LogP contribution in [0.4, 0.5) is 0 Å². The maximum absolute atomic E-state index is 12.5. The second-order valence-corrected chi connectivity index (χ2v) is 8.41. The summed E-state index contributed by atoms with van der Waals surface area (Å²) in [5, 5.41) is 19.8. The molecule has 3 rings (SSSR count). The topological polar surface area (TPSA) is 105 Å². The predicted octanol–water partition coefficient (Wildman–Crippen LogP) is 1.12. The molecule has 0 radical (unpaired) electrons. The molecule has 1 aromatic carbocycles. The van der Waals surface area contributed by atoms with Gasteiger partial charge in [0.2, 0.25) is 5.91 Å². The van der Waals surface area contributed by atoms with E-state index in [4.69, 9.17) is 15.2 Å². The summed E-state index contributed by atoms with van der Waals surface area (Å²) in [4.78, 5) is 14.2. The van der Waals surface area contributed by atoms with Crippen molar-refractivity contribution in [2.75, 3.05) is 33.4 Å². The van der Waals surface area contributed by atoms with Crippen molar-refractivity contribution in [1.29, 1.82) is 0 Å². The van der Waals surface area contributed by atoms with Crippen molar-refractivity contribution in [2.24, 2.45) is 17.1 Å². The Bertz CT molecular complexity index is 706. The Hall–Kier alpha value is -1.83. The molecule has 4 atom stereocenters. The van der Waals surface area contributed by atoms with Crippen LogP contribution in [-0.4, -0.2) is 66.6 Å². The molecule has 2 aliphatic rings. The number of hydrogen-bond donors (Lipinski definition) is 3. The van der Waals surface area contributed by atoms with Gasteiger partial charge in [0.1, 0.15) is 6.04 Å². The Morgan fingerprint density at radius 2 is 2.11 bits per heavy atom. The van der Waals surface area contributed by atoms with E-state index in [2.05, 4.69) is 0 Å². The molecule has 28 heavy (non-hydrogen) atoms. The van der Waals surface area contributed by atoms with Crippen molar-refractivity contribution in [1.82, 2.24) is 4.90 Å². The van der Waals surface area contributed by atoms with Crippen molar-refractivity contribution in [3.05, 3.63) is 23.8 Å². The molecule has 1 saturated carbocycles. The van der Waals surface area contributed by atoms with Crippen LogP contribution >= 0.6 is 0 Å². The van der Waals surface area contributed by atoms with Crippen molar-refractivity contribution in [2.45, 2.75) is 44.8 Å². The first kappa shape index (κ1) is 20.9. The molecule has 1 aliphatic heterocycles. The molecular weight excluding hydrogens is 360 g/mol. The monoisotopic (exact) mass is 392 g/mol. The van der Waals surface area contributed by atoms with E-state index >= 15 is 0 Å². The van der Waals surface area contributed by atoms with Gasteiger partial charge in [-0.1, -0.05) is 13.0 Å². The fraction of sp³-hybridized carbons (Fsp3) is 0.667. The summed E-state index contributed by atoms with van der Waals surface area (Å²) in [6, 6.07) is 4.87. The number of aliphatic hydroxyl groups is 2. The lowest BCUT2D eigenvalue weighted by Gasteiger charge is -2.34. The SMILES string of the molecule is COc1ccc(C2CN(C(=O)C(N)CO)CC2(C)C(C)O)cc1OCC1CC1. The van der Waals surface area contributed by atoms with Crippen molar-refractivity contribution in [3.63, 3.8) is 0 Å². The average molecular weight is 392 g/mol. The highest BCUT2D eigenvalue weighted by molar-refractivity contribution is 5.82. The highest BCUT2D eigenvalue weighted by Crippen LogP contribution is 2.47. The number of carbonyl (C=O) groups is 1. The van der Waals surface area contributed by atoms with Crippen molar-refractivity contribution >= 4 is 5.91 Å². The zero-order chi connectivity index (χ0) is 20.5. The zero-order valence-corrected chi connectivity index (χ0v) is 16.9. The van der Waals surface area contributed by atoms with Gasteiger partial charge in [0.15, 0.2) is 11.5 Å². The Morgan fingerprint density at radius 3 is 2.68 bits per heavy atom. The van der Waals surface area contributed by atoms with Crippen LogP contribution in [0.5, 0.6) is 11.5 Å². The Morgan fingerprint density at radius 1 is 1.39 bits per heavy atom. The first-order valence-electron chi connectivity index (χ1n) is 9.94. The maximum Gasteiger partial charge on any atom is 0.241 e. The molecule has 0 spiro atoms. The fourth-order valence-corrected chi connectivity index (χ4v) is 3.92. The lowest BCUT2D eigenvalue weighted by atomic mass is 9.72. The Kier molecular flexibility index (Phi) is 6.17. The number of nitrogens with two attached hydrogens (primary N) is 1. The van der Waals surface area contributed by atoms with Crippen LogP contribution < -0.4 is 15.2 Å². The Balaban J connectivity index is 1.88. The van der Waals surface area contributed by atoms with E-state index in [9.17, 15) is 15.0 Å². The minimum atomic E-state index is -0.940. The smallest absolute Gasteiger partial charge is 0.241 e. The third-order valence-electron chi connectivity index (χ3n) is 6.27. The van der Waals surface area contributed by atoms with E-state index in [1.165, 1.54) is 12.8 Å². The van der Waals surface area contributed by atoms with E-state index in [0.29, 0.717) is 37.1 Å². The van der Waals surface area contributed by atoms with Crippen LogP contribution in [0.25, 0.3) is 0 Å². The number of rotatable bonds is 8. The van der Waals surface area contributed by atoms with E-state index in [1.54, 1.807) is 18.9 Å². The van der Waals surface area contributed by atoms with Gasteiger partial charge in [-0.15, -0.1) is 0 Å². The summed E-state index contributed by atoms with van der Waals surface area (Å²) in [6.45, 7) is 4.83. The minimum Gasteiger partial charge on any atom is -0.493 e. The van der Waals surface area contributed by atoms with Crippen LogP contribution in [0.15, 0.2) is 18.2 Å². The van der Waals surface area contributed by atoms with E-state index in [0.717, 1.165) is 5.56 Å². The molecule has 7 nitrogen and oxygen atoms in total. The van der Waals surface area contributed by atoms with Crippen LogP contribution in [0, 0.1) is 11.3 Å². The van der Waals surface area contributed by atoms with Crippen molar-refractivity contribution < 1.29 is 24.5 Å². The standard InChI is InChI=1S/C21H32N2O5/c1-13(25)21(2)12-23(20(26)17(22)10-24)9-16(21)15-6-7-18(27-3)19(8-15)28-11-14-4-5-14/h6-8,13-14,16-17,24-25H,4-5,9-12,22H2,1-3H3. The molecule has 1 aromatic rings. The number of hydrogen-bond acceptors (Lipinski definition) is 6. The van der Waals surface area contributed by atoms with Gasteiger partial charge in [0.25, 0.3) is 0 Å². The first-order valence-corrected chi connectivity index (χ1v) is 9.94. The van der Waals surface area contributed by atoms with Crippen LogP contribution in [0.2, 0.25) is 0 Å². The molecule has 1 amide bonds. The number of amides is 1. The normalized spacial score (nSPS) is 26.8. The third-order valence-corrected chi connectivity index (χ3v) is 6.27. The molecule has 4 N–H and O–H groups in total. The lowest BCUT2D eigenvalue weighted by molar-refractivity contribution is -0.133. The number of aliphatic hydroxyl groups excluding tert-OH is 2. The summed E-state index contributed by atoms with van der Waals surface area (Å²) in [5.74, 6) is 1.61. The third kappa shape index (κ3) is 4.11. The van der Waals surface area contributed by atoms with Crippen LogP contribution in [-0.2, 0) is 4.79 Å². The molecule has 0 bridgehead atoms. The molecule has 4 unspecified atom stereocenters. The number of likely N-dealkylation sites (tertiary alicyclic amines) is 1. The predicted molar refractivity (Wildman–Crippen MR) is 105 cm³/mol. The molecule has 156 valence electrons. The number of benzene rings is 1. The molecular formula is C21H32N2O5. The van der Waals surface area contributed by atoms with E-state index < -0.39 is 24.2 Å². The minimum absolute atomic E-state index is 0.0866. The molecule has 1 aliphatic carbocycles. The summed E-state index contributed by atoms with van der Waals surface area (Å²) >= 11 is 0. The van der Waals surface area contributed by atoms with Gasteiger partial charge in [-0.2, -0.15) is 0 Å². The second-order valence-electron chi connectivity index (χ2n) is 8.41. The van der Waals surface area contributed by atoms with Gasteiger partial charge < -0.3 is 30.3 Å². The van der Waals surface area contributed by atoms with Gasteiger partial charge in [0.05, 0.1) is 26.4 Å². The molecule has 1 heterocycles. The molecule has 0 aromatic heterocycles. The molecule has 7 heteroatoms. The highest BCUT2D eigenvalue weighted by Gasteiger charge is 2.49. The largest absolute Gasteiger partial charge is 0.493 e. The number of carbonyl (C=O) groups excluding carboxylic acids is 1. The molecule has 1 saturated heterocycles. The van der Waals surface area contributed by atoms with Crippen molar-refractivity contribution in [3.8, 4) is 11.5 Å². The van der Waals surface area contributed by atoms with Gasteiger partial charge in [-0.3, -0.25) is 4.79 Å². The van der Waals surface area contributed by atoms with Gasteiger partial charge >= 0.3 is 0 Å². The van der Waals surface area contributed by atoms with Crippen LogP contribution in [0.1, 0.15) is 38.2 Å². The average Bonchev–Trinajstić information content (AvgIpc) is 3.45. The first-order chi connectivity index (χ1) is 13.3. The number of ether oxygens (including phenoxy) is 2. The fourth-order valence-electron chi connectivity index (χ4n) is 3.92. The van der Waals surface area contributed by atoms with Gasteiger partial charge in [-0.25, -0.2) is 0 Å². The van der Waals surface area contributed by atoms with Gasteiger partial charge in [-0.05, 0) is 43.4 Å². The van der Waals surface area contributed by atoms with E-state index in [-0.39, 0.29) is 11.8 Å². The summed E-state index contributed by atoms with van der Waals surface area (Å²) in [5.41, 5.74) is 6.19. The molecule has 2 fully saturated rings. The maximum atomic E-state index is 12.5. The Labute approximate surface area is 166 Å². The van der Waals surface area contributed by atoms with Gasteiger partial charge in [0, 0.05) is 24.4 Å². The lowest BCUT2D eigenvalue weighted by Crippen LogP contribution is -2.46. The summed E-state index contributed by atoms with van der Waals surface area (Å²) in [7, 11) is 1.62. The highest BCUT2D eigenvalue weighted by atomic mass is 16.5. The van der Waals surface area contributed by atoms with Crippen LogP contribution in [0.3, 0.4) is 0 Å². The van der Waals surface area contributed by atoms with E-state index in [1.807, 2.05) is 25.1 Å².